The van der Waals surface area contributed by atoms with E-state index in [1.54, 1.807) is 12.1 Å². The first-order chi connectivity index (χ1) is 17.1. The van der Waals surface area contributed by atoms with Crippen LogP contribution in [0.15, 0.2) is 52.0 Å². The minimum absolute atomic E-state index is 0.0259. The van der Waals surface area contributed by atoms with Crippen LogP contribution in [0.2, 0.25) is 0 Å². The molecule has 1 unspecified atom stereocenters. The summed E-state index contributed by atoms with van der Waals surface area (Å²) in [7, 11) is 0. The number of aromatic nitrogens is 2. The second kappa shape index (κ2) is 11.2. The third-order valence-corrected chi connectivity index (χ3v) is 7.65. The van der Waals surface area contributed by atoms with Gasteiger partial charge in [-0.2, -0.15) is 18.2 Å². The molecule has 2 N–H and O–H groups in total. The third-order valence-electron chi connectivity index (χ3n) is 6.99. The fourth-order valence-electron chi connectivity index (χ4n) is 4.67. The first-order valence-electron chi connectivity index (χ1n) is 11.9. The van der Waals surface area contributed by atoms with Crippen molar-refractivity contribution in [3.05, 3.63) is 70.4 Å². The molecule has 1 aliphatic carbocycles. The summed E-state index contributed by atoms with van der Waals surface area (Å²) in [5, 5.41) is 4.74. The summed E-state index contributed by atoms with van der Waals surface area (Å²) < 4.78 is 44.6. The Morgan fingerprint density at radius 1 is 1.25 bits per heavy atom. The molecule has 2 aromatic rings. The van der Waals surface area contributed by atoms with Gasteiger partial charge in [0.25, 0.3) is 0 Å². The minimum Gasteiger partial charge on any atom is -0.339 e. The van der Waals surface area contributed by atoms with Crippen LogP contribution in [0, 0.1) is 0 Å². The zero-order chi connectivity index (χ0) is 25.9. The van der Waals surface area contributed by atoms with E-state index in [4.69, 9.17) is 33.5 Å². The fraction of sp³-hybridized carbons (Fsp3) is 0.520. The highest BCUT2D eigenvalue weighted by Gasteiger charge is 2.50. The summed E-state index contributed by atoms with van der Waals surface area (Å²) in [5.41, 5.74) is 6.61. The van der Waals surface area contributed by atoms with Crippen molar-refractivity contribution in [3.63, 3.8) is 0 Å². The maximum atomic E-state index is 13.0. The average molecular weight is 544 g/mol. The van der Waals surface area contributed by atoms with Gasteiger partial charge < -0.3 is 10.3 Å². The molecule has 1 saturated heterocycles. The summed E-state index contributed by atoms with van der Waals surface area (Å²) in [6, 6.07) is 5.55. The molecule has 6 nitrogen and oxygen atoms in total. The smallest absolute Gasteiger partial charge is 0.339 e. The van der Waals surface area contributed by atoms with Gasteiger partial charge in [-0.1, -0.05) is 41.5 Å². The molecule has 1 aromatic carbocycles. The van der Waals surface area contributed by atoms with E-state index in [2.05, 4.69) is 26.5 Å². The zero-order valence-corrected chi connectivity index (χ0v) is 21.4. The molecule has 196 valence electrons. The first-order valence-corrected chi connectivity index (χ1v) is 12.8. The highest BCUT2D eigenvalue weighted by atomic mass is 35.5. The highest BCUT2D eigenvalue weighted by molar-refractivity contribution is 6.35. The SMILES string of the molecule is C=C(C=C(Cl)CCl)C1(c2noc(CC(CN)N3CCN(Cc4cccc(C(F)(F)F)c4)CC3)n2)CC1. The van der Waals surface area contributed by atoms with E-state index in [1.807, 2.05) is 0 Å². The van der Waals surface area contributed by atoms with E-state index in [9.17, 15) is 13.2 Å². The van der Waals surface area contributed by atoms with Gasteiger partial charge in [-0.05, 0) is 36.1 Å². The number of allylic oxidation sites excluding steroid dienone is 3. The molecule has 0 radical (unpaired) electrons. The van der Waals surface area contributed by atoms with Gasteiger partial charge in [-0.3, -0.25) is 9.80 Å². The number of hydrogen-bond donors (Lipinski definition) is 1. The number of hydrogen-bond acceptors (Lipinski definition) is 6. The van der Waals surface area contributed by atoms with Gasteiger partial charge in [0.2, 0.25) is 5.89 Å². The molecule has 2 aliphatic rings. The van der Waals surface area contributed by atoms with Crippen molar-refractivity contribution in [1.82, 2.24) is 19.9 Å². The molecular weight excluding hydrogens is 514 g/mol. The summed E-state index contributed by atoms with van der Waals surface area (Å²) in [5.74, 6) is 1.36. The predicted octanol–water partition coefficient (Wildman–Crippen LogP) is 4.73. The number of rotatable bonds is 10. The van der Waals surface area contributed by atoms with Gasteiger partial charge in [0.15, 0.2) is 5.82 Å². The standard InChI is InChI=1S/C25H30Cl2F3N5O/c1-17(11-20(27)14-26)24(5-6-24)23-32-22(36-33-23)13-21(15-31)35-9-7-34(8-10-35)16-18-3-2-4-19(12-18)25(28,29)30/h2-4,11-12,21H,1,5-10,13-16,31H2. The van der Waals surface area contributed by atoms with Crippen molar-refractivity contribution in [2.75, 3.05) is 38.6 Å². The van der Waals surface area contributed by atoms with Crippen LogP contribution in [0.4, 0.5) is 13.2 Å². The predicted molar refractivity (Wildman–Crippen MR) is 134 cm³/mol. The van der Waals surface area contributed by atoms with Crippen molar-refractivity contribution < 1.29 is 17.7 Å². The molecule has 1 atom stereocenters. The van der Waals surface area contributed by atoms with E-state index in [0.717, 1.165) is 50.7 Å². The maximum absolute atomic E-state index is 13.0. The van der Waals surface area contributed by atoms with E-state index in [1.165, 1.54) is 12.1 Å². The quantitative estimate of drug-likeness (QED) is 0.345. The number of benzene rings is 1. The molecule has 2 heterocycles. The lowest BCUT2D eigenvalue weighted by Gasteiger charge is -2.38. The highest BCUT2D eigenvalue weighted by Crippen LogP contribution is 2.52. The third kappa shape index (κ3) is 6.31. The lowest BCUT2D eigenvalue weighted by molar-refractivity contribution is -0.137. The Morgan fingerprint density at radius 3 is 2.58 bits per heavy atom. The zero-order valence-electron chi connectivity index (χ0n) is 19.9. The van der Waals surface area contributed by atoms with Crippen molar-refractivity contribution in [1.29, 1.82) is 0 Å². The van der Waals surface area contributed by atoms with E-state index in [0.29, 0.717) is 41.8 Å². The summed E-state index contributed by atoms with van der Waals surface area (Å²) >= 11 is 11.9. The summed E-state index contributed by atoms with van der Waals surface area (Å²) in [6.07, 6.45) is -0.279. The molecule has 2 fully saturated rings. The topological polar surface area (TPSA) is 71.4 Å². The molecule has 0 spiro atoms. The number of alkyl halides is 4. The Bertz CT molecular complexity index is 1090. The lowest BCUT2D eigenvalue weighted by atomic mass is 9.96. The molecule has 0 bridgehead atoms. The van der Waals surface area contributed by atoms with Crippen LogP contribution in [-0.4, -0.2) is 64.6 Å². The van der Waals surface area contributed by atoms with Crippen molar-refractivity contribution in [2.24, 2.45) is 5.73 Å². The van der Waals surface area contributed by atoms with Crippen LogP contribution in [-0.2, 0) is 24.6 Å². The van der Waals surface area contributed by atoms with E-state index < -0.39 is 11.7 Å². The lowest BCUT2D eigenvalue weighted by Crippen LogP contribution is -2.52. The minimum atomic E-state index is -4.34. The van der Waals surface area contributed by atoms with Crippen molar-refractivity contribution in [3.8, 4) is 0 Å². The Kier molecular flexibility index (Phi) is 8.46. The molecular formula is C25H30Cl2F3N5O. The number of nitrogens with two attached hydrogens (primary N) is 1. The second-order valence-electron chi connectivity index (χ2n) is 9.45. The summed E-state index contributed by atoms with van der Waals surface area (Å²) in [6.45, 7) is 8.02. The average Bonchev–Trinajstić information content (AvgIpc) is 3.54. The van der Waals surface area contributed by atoms with Crippen molar-refractivity contribution in [2.45, 2.75) is 43.4 Å². The van der Waals surface area contributed by atoms with Gasteiger partial charge >= 0.3 is 6.18 Å². The van der Waals surface area contributed by atoms with Gasteiger partial charge in [-0.15, -0.1) is 11.6 Å². The van der Waals surface area contributed by atoms with Crippen molar-refractivity contribution >= 4 is 23.2 Å². The van der Waals surface area contributed by atoms with E-state index in [-0.39, 0.29) is 17.3 Å². The Labute approximate surface area is 218 Å². The largest absolute Gasteiger partial charge is 0.416 e. The number of halogens is 5. The first kappa shape index (κ1) is 27.1. The van der Waals surface area contributed by atoms with E-state index >= 15 is 0 Å². The van der Waals surface area contributed by atoms with Crippen LogP contribution in [0.3, 0.4) is 0 Å². The van der Waals surface area contributed by atoms with Crippen LogP contribution in [0.5, 0.6) is 0 Å². The Balaban J connectivity index is 1.32. The van der Waals surface area contributed by atoms with Gasteiger partial charge in [0, 0.05) is 56.8 Å². The van der Waals surface area contributed by atoms with Crippen LogP contribution in [0.25, 0.3) is 0 Å². The molecule has 1 aromatic heterocycles. The van der Waals surface area contributed by atoms with Gasteiger partial charge in [0.05, 0.1) is 16.9 Å². The van der Waals surface area contributed by atoms with Crippen LogP contribution in [0.1, 0.15) is 35.7 Å². The molecule has 0 amide bonds. The van der Waals surface area contributed by atoms with Crippen LogP contribution < -0.4 is 5.73 Å². The molecule has 1 saturated carbocycles. The van der Waals surface area contributed by atoms with Gasteiger partial charge in [-0.25, -0.2) is 0 Å². The maximum Gasteiger partial charge on any atom is 0.416 e. The van der Waals surface area contributed by atoms with Crippen LogP contribution >= 0.6 is 23.2 Å². The number of piperazine rings is 1. The normalized spacial score (nSPS) is 19.9. The monoisotopic (exact) mass is 543 g/mol. The summed E-state index contributed by atoms with van der Waals surface area (Å²) in [4.78, 5) is 9.09. The molecule has 11 heteroatoms. The fourth-order valence-corrected chi connectivity index (χ4v) is 4.87. The molecule has 4 rings (SSSR count). The second-order valence-corrected chi connectivity index (χ2v) is 10.2. The van der Waals surface area contributed by atoms with Gasteiger partial charge in [0.1, 0.15) is 0 Å². The molecule has 1 aliphatic heterocycles. The Morgan fingerprint density at radius 2 is 1.97 bits per heavy atom. The Hall–Kier alpha value is -1.91. The number of nitrogens with zero attached hydrogens (tertiary/aromatic N) is 4. The molecule has 36 heavy (non-hydrogen) atoms.